The minimum absolute atomic E-state index is 0.0520. The lowest BCUT2D eigenvalue weighted by atomic mass is 10.1. The molecule has 154 valence electrons. The van der Waals surface area contributed by atoms with Crippen molar-refractivity contribution < 1.29 is 9.53 Å². The summed E-state index contributed by atoms with van der Waals surface area (Å²) in [6.07, 6.45) is 0.996. The van der Waals surface area contributed by atoms with Gasteiger partial charge >= 0.3 is 0 Å². The summed E-state index contributed by atoms with van der Waals surface area (Å²) in [6, 6.07) is 14.0. The van der Waals surface area contributed by atoms with Crippen molar-refractivity contribution in [2.45, 2.75) is 19.9 Å². The number of fused-ring (bicyclic) bond motifs is 2. The number of piperazine rings is 1. The van der Waals surface area contributed by atoms with E-state index < -0.39 is 0 Å². The molecular formula is C24H24ClN3O2. The quantitative estimate of drug-likeness (QED) is 0.639. The molecule has 0 N–H and O–H groups in total. The molecule has 5 nitrogen and oxygen atoms in total. The lowest BCUT2D eigenvalue weighted by Crippen LogP contribution is -2.48. The van der Waals surface area contributed by atoms with Crippen LogP contribution in [0.15, 0.2) is 42.5 Å². The zero-order chi connectivity index (χ0) is 20.7. The average Bonchev–Trinajstić information content (AvgIpc) is 3.21. The molecule has 30 heavy (non-hydrogen) atoms. The summed E-state index contributed by atoms with van der Waals surface area (Å²) in [7, 11) is 0. The molecule has 0 bridgehead atoms. The third kappa shape index (κ3) is 3.75. The van der Waals surface area contributed by atoms with Crippen molar-refractivity contribution in [2.24, 2.45) is 0 Å². The normalized spacial score (nSPS) is 16.5. The van der Waals surface area contributed by atoms with Crippen LogP contribution in [0.3, 0.4) is 0 Å². The van der Waals surface area contributed by atoms with E-state index in [4.69, 9.17) is 16.3 Å². The van der Waals surface area contributed by atoms with Crippen LogP contribution in [-0.4, -0.2) is 53.5 Å². The zero-order valence-corrected chi connectivity index (χ0v) is 17.8. The molecule has 3 heterocycles. The second kappa shape index (κ2) is 7.89. The molecule has 0 aliphatic carbocycles. The molecule has 0 spiro atoms. The molecule has 2 aliphatic rings. The van der Waals surface area contributed by atoms with Crippen LogP contribution in [-0.2, 0) is 13.0 Å². The van der Waals surface area contributed by atoms with E-state index in [1.54, 1.807) is 0 Å². The van der Waals surface area contributed by atoms with Crippen molar-refractivity contribution >= 4 is 28.4 Å². The number of carbonyl (C=O) groups is 1. The van der Waals surface area contributed by atoms with Gasteiger partial charge in [-0.3, -0.25) is 14.7 Å². The van der Waals surface area contributed by atoms with Crippen molar-refractivity contribution in [1.29, 1.82) is 0 Å². The number of nitrogens with zero attached hydrogens (tertiary/aromatic N) is 3. The van der Waals surface area contributed by atoms with Crippen molar-refractivity contribution in [3.63, 3.8) is 0 Å². The van der Waals surface area contributed by atoms with E-state index >= 15 is 0 Å². The van der Waals surface area contributed by atoms with Crippen molar-refractivity contribution in [3.05, 3.63) is 69.9 Å². The first kappa shape index (κ1) is 19.3. The maximum absolute atomic E-state index is 13.2. The van der Waals surface area contributed by atoms with Crippen LogP contribution in [0.4, 0.5) is 0 Å². The summed E-state index contributed by atoms with van der Waals surface area (Å²) in [4.78, 5) is 22.1. The van der Waals surface area contributed by atoms with E-state index in [1.807, 2.05) is 36.1 Å². The Morgan fingerprint density at radius 3 is 2.77 bits per heavy atom. The number of benzene rings is 2. The first-order valence-corrected chi connectivity index (χ1v) is 10.8. The van der Waals surface area contributed by atoms with Gasteiger partial charge in [-0.05, 0) is 48.4 Å². The SMILES string of the molecule is Cc1nc2ccc(Cl)cc2cc1C(=O)N1CCN(Cc2ccc3c(c2)CCO3)CC1. The van der Waals surface area contributed by atoms with Gasteiger partial charge in [-0.1, -0.05) is 23.7 Å². The minimum atomic E-state index is 0.0520. The third-order valence-electron chi connectivity index (χ3n) is 6.02. The first-order chi connectivity index (χ1) is 14.6. The second-order valence-corrected chi connectivity index (χ2v) is 8.50. The van der Waals surface area contributed by atoms with Gasteiger partial charge in [-0.2, -0.15) is 0 Å². The summed E-state index contributed by atoms with van der Waals surface area (Å²) in [6.45, 7) is 6.77. The molecular weight excluding hydrogens is 398 g/mol. The fourth-order valence-electron chi connectivity index (χ4n) is 4.34. The van der Waals surface area contributed by atoms with Gasteiger partial charge in [0.25, 0.3) is 5.91 Å². The maximum atomic E-state index is 13.2. The van der Waals surface area contributed by atoms with Crippen molar-refractivity contribution in [2.75, 3.05) is 32.8 Å². The number of halogens is 1. The van der Waals surface area contributed by atoms with Gasteiger partial charge in [0, 0.05) is 49.6 Å². The molecule has 6 heteroatoms. The molecule has 3 aromatic rings. The van der Waals surface area contributed by atoms with E-state index in [0.29, 0.717) is 10.6 Å². The Labute approximate surface area is 181 Å². The zero-order valence-electron chi connectivity index (χ0n) is 17.0. The van der Waals surface area contributed by atoms with Gasteiger partial charge in [0.15, 0.2) is 0 Å². The van der Waals surface area contributed by atoms with Gasteiger partial charge in [0.05, 0.1) is 23.4 Å². The first-order valence-electron chi connectivity index (χ1n) is 10.4. The topological polar surface area (TPSA) is 45.7 Å². The lowest BCUT2D eigenvalue weighted by Gasteiger charge is -2.35. The number of aryl methyl sites for hydroxylation is 1. The van der Waals surface area contributed by atoms with Crippen LogP contribution in [0.2, 0.25) is 5.02 Å². The average molecular weight is 422 g/mol. The highest BCUT2D eigenvalue weighted by Gasteiger charge is 2.24. The molecule has 2 aliphatic heterocycles. The monoisotopic (exact) mass is 421 g/mol. The van der Waals surface area contributed by atoms with E-state index in [9.17, 15) is 4.79 Å². The van der Waals surface area contributed by atoms with Crippen LogP contribution >= 0.6 is 11.6 Å². The Hall–Kier alpha value is -2.63. The van der Waals surface area contributed by atoms with E-state index in [-0.39, 0.29) is 5.91 Å². The van der Waals surface area contributed by atoms with Crippen LogP contribution in [0, 0.1) is 6.92 Å². The van der Waals surface area contributed by atoms with Crippen LogP contribution in [0.25, 0.3) is 10.9 Å². The minimum Gasteiger partial charge on any atom is -0.493 e. The summed E-state index contributed by atoms with van der Waals surface area (Å²) in [5.41, 5.74) is 4.90. The number of hydrogen-bond donors (Lipinski definition) is 0. The lowest BCUT2D eigenvalue weighted by molar-refractivity contribution is 0.0627. The highest BCUT2D eigenvalue weighted by Crippen LogP contribution is 2.27. The second-order valence-electron chi connectivity index (χ2n) is 8.07. The van der Waals surface area contributed by atoms with Gasteiger partial charge < -0.3 is 9.64 Å². The van der Waals surface area contributed by atoms with E-state index in [2.05, 4.69) is 28.1 Å². The molecule has 2 aromatic carbocycles. The Balaban J connectivity index is 1.25. The molecule has 0 atom stereocenters. The Morgan fingerprint density at radius 2 is 1.93 bits per heavy atom. The third-order valence-corrected chi connectivity index (χ3v) is 6.25. The van der Waals surface area contributed by atoms with Gasteiger partial charge in [-0.25, -0.2) is 0 Å². The Bertz CT molecular complexity index is 1120. The fourth-order valence-corrected chi connectivity index (χ4v) is 4.52. The summed E-state index contributed by atoms with van der Waals surface area (Å²) < 4.78 is 5.60. The number of rotatable bonds is 3. The highest BCUT2D eigenvalue weighted by molar-refractivity contribution is 6.31. The smallest absolute Gasteiger partial charge is 0.255 e. The summed E-state index contributed by atoms with van der Waals surface area (Å²) >= 11 is 6.12. The Morgan fingerprint density at radius 1 is 1.10 bits per heavy atom. The van der Waals surface area contributed by atoms with Crippen LogP contribution < -0.4 is 4.74 Å². The van der Waals surface area contributed by atoms with E-state index in [0.717, 1.165) is 68.1 Å². The molecule has 1 saturated heterocycles. The number of amides is 1. The molecule has 1 amide bonds. The largest absolute Gasteiger partial charge is 0.493 e. The molecule has 1 aromatic heterocycles. The fraction of sp³-hybridized carbons (Fsp3) is 0.333. The van der Waals surface area contributed by atoms with Gasteiger partial charge in [-0.15, -0.1) is 0 Å². The summed E-state index contributed by atoms with van der Waals surface area (Å²) in [5.74, 6) is 1.08. The number of aromatic nitrogens is 1. The van der Waals surface area contributed by atoms with Crippen LogP contribution in [0.1, 0.15) is 27.2 Å². The van der Waals surface area contributed by atoms with E-state index in [1.165, 1.54) is 11.1 Å². The molecule has 1 fully saturated rings. The molecule has 0 unspecified atom stereocenters. The number of ether oxygens (including phenoxy) is 1. The number of carbonyl (C=O) groups excluding carboxylic acids is 1. The molecule has 0 radical (unpaired) electrons. The summed E-state index contributed by atoms with van der Waals surface area (Å²) in [5, 5.41) is 1.55. The molecule has 0 saturated carbocycles. The molecule has 5 rings (SSSR count). The standard InChI is InChI=1S/C24H24ClN3O2/c1-16-21(14-19-13-20(25)3-4-22(19)26-16)24(29)28-9-7-27(8-10-28)15-17-2-5-23-18(12-17)6-11-30-23/h2-5,12-14H,6-11,15H2,1H3. The number of hydrogen-bond acceptors (Lipinski definition) is 4. The predicted molar refractivity (Wildman–Crippen MR) is 118 cm³/mol. The predicted octanol–water partition coefficient (Wildman–Crippen LogP) is 4.09. The van der Waals surface area contributed by atoms with Crippen molar-refractivity contribution in [3.8, 4) is 5.75 Å². The Kier molecular flexibility index (Phi) is 5.09. The van der Waals surface area contributed by atoms with Crippen molar-refractivity contribution in [1.82, 2.24) is 14.8 Å². The van der Waals surface area contributed by atoms with Crippen LogP contribution in [0.5, 0.6) is 5.75 Å². The maximum Gasteiger partial charge on any atom is 0.255 e. The van der Waals surface area contributed by atoms with Gasteiger partial charge in [0.2, 0.25) is 0 Å². The van der Waals surface area contributed by atoms with Gasteiger partial charge in [0.1, 0.15) is 5.75 Å². The number of pyridine rings is 1. The highest BCUT2D eigenvalue weighted by atomic mass is 35.5.